The number of hydrogen-bond acceptors (Lipinski definition) is 4. The van der Waals surface area contributed by atoms with Crippen molar-refractivity contribution < 1.29 is 14.7 Å². The summed E-state index contributed by atoms with van der Waals surface area (Å²) in [5.41, 5.74) is 0.780. The molecule has 2 aromatic rings. The first-order valence-electron chi connectivity index (χ1n) is 7.68. The lowest BCUT2D eigenvalue weighted by molar-refractivity contribution is -0.140. The van der Waals surface area contributed by atoms with Gasteiger partial charge in [-0.15, -0.1) is 0 Å². The van der Waals surface area contributed by atoms with E-state index in [1.807, 2.05) is 41.1 Å². The number of ketones is 1. The first-order valence-corrected chi connectivity index (χ1v) is 7.68. The lowest BCUT2D eigenvalue weighted by Gasteiger charge is -2.25. The van der Waals surface area contributed by atoms with Crippen LogP contribution in [0.2, 0.25) is 0 Å². The van der Waals surface area contributed by atoms with Crippen molar-refractivity contribution in [2.75, 3.05) is 13.2 Å². The molecule has 1 aliphatic rings. The third kappa shape index (κ3) is 3.03. The number of carbonyl (C=O) groups excluding carboxylic acids is 2. The zero-order chi connectivity index (χ0) is 16.2. The number of hydrogen-bond donors (Lipinski definition) is 1. The quantitative estimate of drug-likeness (QED) is 0.802. The Bertz CT molecular complexity index is 670. The van der Waals surface area contributed by atoms with Crippen LogP contribution >= 0.6 is 0 Å². The van der Waals surface area contributed by atoms with E-state index in [0.29, 0.717) is 19.5 Å². The molecule has 0 saturated carbocycles. The Morgan fingerprint density at radius 2 is 1.91 bits per heavy atom. The summed E-state index contributed by atoms with van der Waals surface area (Å²) in [7, 11) is 0. The average molecular weight is 313 g/mol. The van der Waals surface area contributed by atoms with Crippen LogP contribution in [-0.2, 0) is 16.1 Å². The van der Waals surface area contributed by atoms with Gasteiger partial charge in [-0.1, -0.05) is 30.3 Å². The van der Waals surface area contributed by atoms with Crippen LogP contribution in [0.5, 0.6) is 0 Å². The molecule has 1 aliphatic heterocycles. The van der Waals surface area contributed by atoms with Crippen LogP contribution in [0, 0.1) is 0 Å². The molecule has 2 atom stereocenters. The van der Waals surface area contributed by atoms with Crippen LogP contribution in [0.15, 0.2) is 49.1 Å². The van der Waals surface area contributed by atoms with Crippen molar-refractivity contribution in [1.29, 1.82) is 0 Å². The van der Waals surface area contributed by atoms with Crippen LogP contribution in [0.3, 0.4) is 0 Å². The summed E-state index contributed by atoms with van der Waals surface area (Å²) in [5, 5.41) is 9.73. The fraction of sp³-hybridized carbons (Fsp3) is 0.353. The van der Waals surface area contributed by atoms with Crippen molar-refractivity contribution in [3.63, 3.8) is 0 Å². The van der Waals surface area contributed by atoms with Crippen molar-refractivity contribution in [1.82, 2.24) is 14.5 Å². The summed E-state index contributed by atoms with van der Waals surface area (Å²) >= 11 is 0. The largest absolute Gasteiger partial charge is 0.394 e. The Kier molecular flexibility index (Phi) is 4.52. The molecule has 1 aromatic carbocycles. The van der Waals surface area contributed by atoms with Gasteiger partial charge in [-0.05, 0) is 12.0 Å². The van der Waals surface area contributed by atoms with E-state index in [1.165, 1.54) is 4.90 Å². The van der Waals surface area contributed by atoms with Crippen molar-refractivity contribution >= 4 is 11.7 Å². The van der Waals surface area contributed by atoms with E-state index in [2.05, 4.69) is 4.98 Å². The molecule has 6 heteroatoms. The monoisotopic (exact) mass is 313 g/mol. The zero-order valence-electron chi connectivity index (χ0n) is 12.7. The standard InChI is InChI=1S/C17H19N3O3/c21-11-14-15(13-5-2-1-3-6-13)16(22)17(23)20(14)9-4-8-19-10-7-18-12-19/h1-3,5-7,10,12,14-15,21H,4,8-9,11H2. The summed E-state index contributed by atoms with van der Waals surface area (Å²) in [4.78, 5) is 30.1. The van der Waals surface area contributed by atoms with Gasteiger partial charge in [0, 0.05) is 25.5 Å². The van der Waals surface area contributed by atoms with Crippen molar-refractivity contribution in [3.05, 3.63) is 54.6 Å². The number of rotatable bonds is 6. The van der Waals surface area contributed by atoms with Gasteiger partial charge in [-0.25, -0.2) is 4.98 Å². The van der Waals surface area contributed by atoms with E-state index < -0.39 is 23.7 Å². The van der Waals surface area contributed by atoms with E-state index in [0.717, 1.165) is 5.56 Å². The van der Waals surface area contributed by atoms with Gasteiger partial charge in [0.2, 0.25) is 5.78 Å². The maximum atomic E-state index is 12.4. The number of aliphatic hydroxyl groups excluding tert-OH is 1. The number of Topliss-reactive ketones (excluding diaryl/α,β-unsaturated/α-hetero) is 1. The molecular formula is C17H19N3O3. The molecule has 23 heavy (non-hydrogen) atoms. The van der Waals surface area contributed by atoms with E-state index >= 15 is 0 Å². The van der Waals surface area contributed by atoms with E-state index in [4.69, 9.17) is 0 Å². The highest BCUT2D eigenvalue weighted by atomic mass is 16.3. The highest BCUT2D eigenvalue weighted by molar-refractivity contribution is 6.40. The minimum Gasteiger partial charge on any atom is -0.394 e. The predicted molar refractivity (Wildman–Crippen MR) is 83.6 cm³/mol. The third-order valence-electron chi connectivity index (χ3n) is 4.26. The van der Waals surface area contributed by atoms with Gasteiger partial charge in [-0.3, -0.25) is 9.59 Å². The number of amides is 1. The van der Waals surface area contributed by atoms with E-state index in [1.54, 1.807) is 12.5 Å². The molecule has 6 nitrogen and oxygen atoms in total. The Labute approximate surface area is 134 Å². The minimum atomic E-state index is -0.582. The van der Waals surface area contributed by atoms with E-state index in [-0.39, 0.29) is 6.61 Å². The fourth-order valence-corrected chi connectivity index (χ4v) is 3.13. The number of imidazole rings is 1. The molecule has 1 fully saturated rings. The number of aromatic nitrogens is 2. The third-order valence-corrected chi connectivity index (χ3v) is 4.26. The van der Waals surface area contributed by atoms with Crippen LogP contribution in [0.25, 0.3) is 0 Å². The van der Waals surface area contributed by atoms with Gasteiger partial charge < -0.3 is 14.6 Å². The zero-order valence-corrected chi connectivity index (χ0v) is 12.7. The summed E-state index contributed by atoms with van der Waals surface area (Å²) in [6.07, 6.45) is 5.97. The Morgan fingerprint density at radius 1 is 1.13 bits per heavy atom. The molecule has 2 unspecified atom stereocenters. The molecule has 3 rings (SSSR count). The molecule has 120 valence electrons. The summed E-state index contributed by atoms with van der Waals surface area (Å²) in [6.45, 7) is 0.936. The molecule has 1 amide bonds. The van der Waals surface area contributed by atoms with Crippen LogP contribution in [0.4, 0.5) is 0 Å². The molecule has 2 heterocycles. The Morgan fingerprint density at radius 3 is 2.57 bits per heavy atom. The van der Waals surface area contributed by atoms with Gasteiger partial charge >= 0.3 is 0 Å². The van der Waals surface area contributed by atoms with Gasteiger partial charge in [0.05, 0.1) is 24.9 Å². The van der Waals surface area contributed by atoms with Crippen LogP contribution in [-0.4, -0.2) is 50.4 Å². The second kappa shape index (κ2) is 6.75. The van der Waals surface area contributed by atoms with Gasteiger partial charge in [0.25, 0.3) is 5.91 Å². The molecule has 1 aromatic heterocycles. The SMILES string of the molecule is O=C1C(=O)N(CCCn2ccnc2)C(CO)C1c1ccccc1. The molecule has 1 N–H and O–H groups in total. The lowest BCUT2D eigenvalue weighted by atomic mass is 9.91. The van der Waals surface area contributed by atoms with Crippen molar-refractivity contribution in [2.24, 2.45) is 0 Å². The van der Waals surface area contributed by atoms with Crippen molar-refractivity contribution in [3.8, 4) is 0 Å². The number of benzene rings is 1. The number of carbonyl (C=O) groups is 2. The molecule has 1 saturated heterocycles. The number of aliphatic hydroxyl groups is 1. The molecule has 0 bridgehead atoms. The summed E-state index contributed by atoms with van der Waals surface area (Å²) < 4.78 is 1.92. The number of likely N-dealkylation sites (tertiary alicyclic amines) is 1. The normalized spacial score (nSPS) is 21.2. The van der Waals surface area contributed by atoms with Crippen molar-refractivity contribution in [2.45, 2.75) is 24.9 Å². The smallest absolute Gasteiger partial charge is 0.291 e. The second-order valence-corrected chi connectivity index (χ2v) is 5.66. The predicted octanol–water partition coefficient (Wildman–Crippen LogP) is 0.829. The molecule has 0 radical (unpaired) electrons. The Hall–Kier alpha value is -2.47. The first kappa shape index (κ1) is 15.4. The first-order chi connectivity index (χ1) is 11.2. The highest BCUT2D eigenvalue weighted by Crippen LogP contribution is 2.31. The highest BCUT2D eigenvalue weighted by Gasteiger charge is 2.47. The molecule has 0 aliphatic carbocycles. The molecule has 0 spiro atoms. The topological polar surface area (TPSA) is 75.4 Å². The second-order valence-electron chi connectivity index (χ2n) is 5.66. The van der Waals surface area contributed by atoms with Gasteiger partial charge in [0.15, 0.2) is 0 Å². The van der Waals surface area contributed by atoms with E-state index in [9.17, 15) is 14.7 Å². The lowest BCUT2D eigenvalue weighted by Crippen LogP contribution is -2.38. The van der Waals surface area contributed by atoms with Crippen LogP contribution < -0.4 is 0 Å². The number of aryl methyl sites for hydroxylation is 1. The summed E-state index contributed by atoms with van der Waals surface area (Å²) in [5.74, 6) is -1.51. The summed E-state index contributed by atoms with van der Waals surface area (Å²) in [6, 6.07) is 8.70. The fourth-order valence-electron chi connectivity index (χ4n) is 3.13. The minimum absolute atomic E-state index is 0.220. The van der Waals surface area contributed by atoms with Crippen LogP contribution in [0.1, 0.15) is 17.9 Å². The molecular weight excluding hydrogens is 294 g/mol. The average Bonchev–Trinajstić information content (AvgIpc) is 3.17. The van der Waals surface area contributed by atoms with Gasteiger partial charge in [-0.2, -0.15) is 0 Å². The maximum Gasteiger partial charge on any atom is 0.291 e. The number of nitrogens with zero attached hydrogens (tertiary/aromatic N) is 3. The Balaban J connectivity index is 1.72. The maximum absolute atomic E-state index is 12.4. The van der Waals surface area contributed by atoms with Gasteiger partial charge in [0.1, 0.15) is 0 Å².